The van der Waals surface area contributed by atoms with Crippen LogP contribution in [-0.2, 0) is 4.79 Å². The van der Waals surface area contributed by atoms with Crippen LogP contribution in [0.1, 0.15) is 34.3 Å². The number of carbonyl (C=O) groups excluding carboxylic acids is 2. The Balaban J connectivity index is 1.59. The van der Waals surface area contributed by atoms with Gasteiger partial charge >= 0.3 is 0 Å². The average molecular weight is 351 g/mol. The maximum absolute atomic E-state index is 12.5. The second-order valence-corrected chi connectivity index (χ2v) is 6.73. The Morgan fingerprint density at radius 3 is 2.54 bits per heavy atom. The third kappa shape index (κ3) is 4.23. The Labute approximate surface area is 154 Å². The van der Waals surface area contributed by atoms with Gasteiger partial charge < -0.3 is 15.5 Å². The van der Waals surface area contributed by atoms with E-state index in [1.165, 1.54) is 5.56 Å². The molecule has 1 aliphatic rings. The first-order valence-electron chi connectivity index (χ1n) is 9.04. The molecule has 1 aliphatic heterocycles. The Bertz CT molecular complexity index is 811. The van der Waals surface area contributed by atoms with Crippen LogP contribution in [0.2, 0.25) is 0 Å². The van der Waals surface area contributed by atoms with E-state index in [-0.39, 0.29) is 18.4 Å². The molecule has 1 heterocycles. The van der Waals surface area contributed by atoms with E-state index in [2.05, 4.69) is 10.6 Å². The number of anilines is 2. The summed E-state index contributed by atoms with van der Waals surface area (Å²) >= 11 is 0. The number of nitrogens with one attached hydrogen (secondary N) is 2. The first-order valence-corrected chi connectivity index (χ1v) is 9.04. The highest BCUT2D eigenvalue weighted by atomic mass is 16.2. The van der Waals surface area contributed by atoms with Crippen molar-refractivity contribution in [3.63, 3.8) is 0 Å². The molecule has 2 aromatic rings. The fourth-order valence-corrected chi connectivity index (χ4v) is 3.16. The van der Waals surface area contributed by atoms with E-state index in [1.54, 1.807) is 24.3 Å². The highest BCUT2D eigenvalue weighted by Gasteiger charge is 2.19. The van der Waals surface area contributed by atoms with Crippen LogP contribution in [0.4, 0.5) is 11.4 Å². The van der Waals surface area contributed by atoms with Gasteiger partial charge in [-0.25, -0.2) is 0 Å². The predicted molar refractivity (Wildman–Crippen MR) is 105 cm³/mol. The van der Waals surface area contributed by atoms with Crippen molar-refractivity contribution in [2.24, 2.45) is 0 Å². The van der Waals surface area contributed by atoms with Gasteiger partial charge in [0.05, 0.1) is 6.54 Å². The van der Waals surface area contributed by atoms with Crippen LogP contribution in [0.5, 0.6) is 0 Å². The SMILES string of the molecule is Cc1cccc(NCC(=O)Nc2cccc(C(=O)N3CCCC3)c2)c1C. The van der Waals surface area contributed by atoms with E-state index in [4.69, 9.17) is 0 Å². The number of carbonyl (C=O) groups is 2. The van der Waals surface area contributed by atoms with Crippen LogP contribution in [0.25, 0.3) is 0 Å². The maximum Gasteiger partial charge on any atom is 0.253 e. The number of amides is 2. The van der Waals surface area contributed by atoms with Crippen LogP contribution in [0.15, 0.2) is 42.5 Å². The molecule has 136 valence electrons. The van der Waals surface area contributed by atoms with Crippen molar-refractivity contribution in [2.75, 3.05) is 30.3 Å². The summed E-state index contributed by atoms with van der Waals surface area (Å²) in [5.74, 6) is -0.108. The van der Waals surface area contributed by atoms with Gasteiger partial charge in [-0.1, -0.05) is 18.2 Å². The van der Waals surface area contributed by atoms with Crippen LogP contribution in [0.3, 0.4) is 0 Å². The molecular formula is C21H25N3O2. The third-order valence-electron chi connectivity index (χ3n) is 4.83. The maximum atomic E-state index is 12.5. The molecule has 5 nitrogen and oxygen atoms in total. The Morgan fingerprint density at radius 1 is 1.04 bits per heavy atom. The summed E-state index contributed by atoms with van der Waals surface area (Å²) in [5.41, 5.74) is 4.54. The highest BCUT2D eigenvalue weighted by molar-refractivity contribution is 5.98. The van der Waals surface area contributed by atoms with E-state index in [0.29, 0.717) is 11.3 Å². The van der Waals surface area contributed by atoms with Gasteiger partial charge in [-0.2, -0.15) is 0 Å². The second kappa shape index (κ2) is 8.04. The molecule has 2 N–H and O–H groups in total. The Kier molecular flexibility index (Phi) is 5.56. The van der Waals surface area contributed by atoms with E-state index in [0.717, 1.165) is 37.2 Å². The summed E-state index contributed by atoms with van der Waals surface area (Å²) in [4.78, 5) is 26.6. The zero-order valence-electron chi connectivity index (χ0n) is 15.3. The number of rotatable bonds is 5. The first kappa shape index (κ1) is 18.0. The minimum atomic E-state index is -0.142. The van der Waals surface area contributed by atoms with Crippen molar-refractivity contribution in [3.8, 4) is 0 Å². The van der Waals surface area contributed by atoms with Crippen LogP contribution in [0, 0.1) is 13.8 Å². The van der Waals surface area contributed by atoms with Gasteiger partial charge in [-0.3, -0.25) is 9.59 Å². The normalized spacial score (nSPS) is 13.5. The smallest absolute Gasteiger partial charge is 0.253 e. The molecule has 1 fully saturated rings. The fourth-order valence-electron chi connectivity index (χ4n) is 3.16. The largest absolute Gasteiger partial charge is 0.376 e. The van der Waals surface area contributed by atoms with Crippen LogP contribution in [-0.4, -0.2) is 36.3 Å². The lowest BCUT2D eigenvalue weighted by Gasteiger charge is -2.16. The molecule has 0 radical (unpaired) electrons. The number of likely N-dealkylation sites (tertiary alicyclic amines) is 1. The lowest BCUT2D eigenvalue weighted by atomic mass is 10.1. The minimum absolute atomic E-state index is 0.0344. The number of aryl methyl sites for hydroxylation is 1. The first-order chi connectivity index (χ1) is 12.5. The average Bonchev–Trinajstić information content (AvgIpc) is 3.17. The number of hydrogen-bond donors (Lipinski definition) is 2. The Hall–Kier alpha value is -2.82. The molecule has 5 heteroatoms. The van der Waals surface area contributed by atoms with Crippen LogP contribution < -0.4 is 10.6 Å². The summed E-state index contributed by atoms with van der Waals surface area (Å²) in [6.07, 6.45) is 2.12. The third-order valence-corrected chi connectivity index (χ3v) is 4.83. The second-order valence-electron chi connectivity index (χ2n) is 6.73. The molecule has 2 aromatic carbocycles. The molecule has 26 heavy (non-hydrogen) atoms. The van der Waals surface area contributed by atoms with E-state index >= 15 is 0 Å². The molecular weight excluding hydrogens is 326 g/mol. The lowest BCUT2D eigenvalue weighted by Crippen LogP contribution is -2.27. The topological polar surface area (TPSA) is 61.4 Å². The predicted octanol–water partition coefficient (Wildman–Crippen LogP) is 3.59. The van der Waals surface area contributed by atoms with Crippen molar-refractivity contribution in [1.29, 1.82) is 0 Å². The molecule has 0 spiro atoms. The standard InChI is InChI=1S/C21H25N3O2/c1-15-7-5-10-19(16(15)2)22-14-20(25)23-18-9-6-8-17(13-18)21(26)24-11-3-4-12-24/h5-10,13,22H,3-4,11-12,14H2,1-2H3,(H,23,25). The van der Waals surface area contributed by atoms with Crippen molar-refractivity contribution in [1.82, 2.24) is 4.90 Å². The highest BCUT2D eigenvalue weighted by Crippen LogP contribution is 2.18. The van der Waals surface area contributed by atoms with Crippen molar-refractivity contribution < 1.29 is 9.59 Å². The molecule has 0 unspecified atom stereocenters. The molecule has 0 aliphatic carbocycles. The van der Waals surface area contributed by atoms with Gasteiger partial charge in [-0.15, -0.1) is 0 Å². The van der Waals surface area contributed by atoms with E-state index in [1.807, 2.05) is 36.9 Å². The molecule has 0 atom stereocenters. The van der Waals surface area contributed by atoms with Crippen molar-refractivity contribution in [2.45, 2.75) is 26.7 Å². The summed E-state index contributed by atoms with van der Waals surface area (Å²) in [6, 6.07) is 13.1. The fraction of sp³-hybridized carbons (Fsp3) is 0.333. The lowest BCUT2D eigenvalue weighted by molar-refractivity contribution is -0.114. The monoisotopic (exact) mass is 351 g/mol. The van der Waals surface area contributed by atoms with Gasteiger partial charge in [0.1, 0.15) is 0 Å². The quantitative estimate of drug-likeness (QED) is 0.865. The molecule has 0 aromatic heterocycles. The molecule has 2 amide bonds. The summed E-state index contributed by atoms with van der Waals surface area (Å²) in [5, 5.41) is 6.03. The zero-order valence-corrected chi connectivity index (χ0v) is 15.3. The Morgan fingerprint density at radius 2 is 1.77 bits per heavy atom. The summed E-state index contributed by atoms with van der Waals surface area (Å²) in [7, 11) is 0. The molecule has 0 bridgehead atoms. The molecule has 1 saturated heterocycles. The zero-order chi connectivity index (χ0) is 18.5. The summed E-state index contributed by atoms with van der Waals surface area (Å²) in [6.45, 7) is 5.88. The van der Waals surface area contributed by atoms with Gasteiger partial charge in [0.15, 0.2) is 0 Å². The minimum Gasteiger partial charge on any atom is -0.376 e. The number of nitrogens with zero attached hydrogens (tertiary/aromatic N) is 1. The van der Waals surface area contributed by atoms with E-state index < -0.39 is 0 Å². The van der Waals surface area contributed by atoms with Gasteiger partial charge in [0.2, 0.25) is 5.91 Å². The van der Waals surface area contributed by atoms with E-state index in [9.17, 15) is 9.59 Å². The molecule has 3 rings (SSSR count). The molecule has 0 saturated carbocycles. The van der Waals surface area contributed by atoms with Gasteiger partial charge in [-0.05, 0) is 62.1 Å². The van der Waals surface area contributed by atoms with Crippen LogP contribution >= 0.6 is 0 Å². The summed E-state index contributed by atoms with van der Waals surface area (Å²) < 4.78 is 0. The van der Waals surface area contributed by atoms with Crippen molar-refractivity contribution >= 4 is 23.2 Å². The number of hydrogen-bond acceptors (Lipinski definition) is 3. The van der Waals surface area contributed by atoms with Gasteiger partial charge in [0, 0.05) is 30.0 Å². The van der Waals surface area contributed by atoms with Crippen molar-refractivity contribution in [3.05, 3.63) is 59.2 Å². The number of benzene rings is 2. The van der Waals surface area contributed by atoms with Gasteiger partial charge in [0.25, 0.3) is 5.91 Å².